The van der Waals surface area contributed by atoms with Crippen molar-refractivity contribution < 1.29 is 14.7 Å². The van der Waals surface area contributed by atoms with Crippen molar-refractivity contribution in [2.75, 3.05) is 7.05 Å². The van der Waals surface area contributed by atoms with E-state index in [0.717, 1.165) is 10.0 Å². The smallest absolute Gasteiger partial charge is 0.329 e. The Morgan fingerprint density at radius 2 is 2.10 bits per heavy atom. The third kappa shape index (κ3) is 5.04. The number of hydrogen-bond donors (Lipinski definition) is 2. The number of halogens is 1. The van der Waals surface area contributed by atoms with Gasteiger partial charge in [0.05, 0.1) is 0 Å². The molecule has 0 fully saturated rings. The summed E-state index contributed by atoms with van der Waals surface area (Å²) in [5.74, 6) is -1.02. The minimum atomic E-state index is -1.24. The van der Waals surface area contributed by atoms with Gasteiger partial charge in [-0.1, -0.05) is 41.4 Å². The van der Waals surface area contributed by atoms with Crippen molar-refractivity contribution in [3.05, 3.63) is 34.3 Å². The van der Waals surface area contributed by atoms with E-state index < -0.39 is 17.5 Å². The average molecular weight is 357 g/mol. The van der Waals surface area contributed by atoms with E-state index >= 15 is 0 Å². The summed E-state index contributed by atoms with van der Waals surface area (Å²) >= 11 is 3.38. The van der Waals surface area contributed by atoms with Gasteiger partial charge in [-0.15, -0.1) is 0 Å². The lowest BCUT2D eigenvalue weighted by Crippen LogP contribution is -2.55. The van der Waals surface area contributed by atoms with Crippen molar-refractivity contribution >= 4 is 27.9 Å². The summed E-state index contributed by atoms with van der Waals surface area (Å²) in [6, 6.07) is 7.24. The number of carbonyl (C=O) groups excluding carboxylic acids is 1. The normalized spacial score (nSPS) is 13.3. The molecular weight excluding hydrogens is 336 g/mol. The molecule has 1 atom stereocenters. The molecule has 1 unspecified atom stereocenters. The standard InChI is InChI=1S/C15H21BrN2O3/c1-4-8-15(2,13(19)20)17-14(21)18(3)10-11-6-5-7-12(16)9-11/h5-7,9H,4,8,10H2,1-3H3,(H,17,21)(H,19,20). The lowest BCUT2D eigenvalue weighted by atomic mass is 9.96. The summed E-state index contributed by atoms with van der Waals surface area (Å²) in [6.45, 7) is 3.83. The second-order valence-corrected chi connectivity index (χ2v) is 6.22. The molecule has 1 rings (SSSR count). The molecule has 2 amide bonds. The van der Waals surface area contributed by atoms with Crippen LogP contribution in [0.3, 0.4) is 0 Å². The Morgan fingerprint density at radius 3 is 2.62 bits per heavy atom. The van der Waals surface area contributed by atoms with Gasteiger partial charge in [0.2, 0.25) is 0 Å². The molecule has 6 heteroatoms. The Kier molecular flexibility index (Phi) is 6.20. The zero-order valence-corrected chi connectivity index (χ0v) is 14.1. The number of benzene rings is 1. The first-order valence-electron chi connectivity index (χ1n) is 6.79. The van der Waals surface area contributed by atoms with Crippen LogP contribution in [0.2, 0.25) is 0 Å². The van der Waals surface area contributed by atoms with Gasteiger partial charge in [0.25, 0.3) is 0 Å². The number of nitrogens with zero attached hydrogens (tertiary/aromatic N) is 1. The van der Waals surface area contributed by atoms with Gasteiger partial charge < -0.3 is 15.3 Å². The summed E-state index contributed by atoms with van der Waals surface area (Å²) < 4.78 is 0.940. The van der Waals surface area contributed by atoms with Crippen LogP contribution in [0, 0.1) is 0 Å². The molecule has 0 aliphatic rings. The van der Waals surface area contributed by atoms with Crippen molar-refractivity contribution in [3.8, 4) is 0 Å². The molecule has 1 aromatic carbocycles. The summed E-state index contributed by atoms with van der Waals surface area (Å²) in [4.78, 5) is 25.0. The molecule has 21 heavy (non-hydrogen) atoms. The number of rotatable bonds is 6. The Labute approximate surface area is 133 Å². The second kappa shape index (κ2) is 7.45. The first-order chi connectivity index (χ1) is 9.78. The fourth-order valence-electron chi connectivity index (χ4n) is 2.04. The molecular formula is C15H21BrN2O3. The quantitative estimate of drug-likeness (QED) is 0.821. The Balaban J connectivity index is 2.72. The van der Waals surface area contributed by atoms with Crippen molar-refractivity contribution in [2.45, 2.75) is 38.8 Å². The SMILES string of the molecule is CCCC(C)(NC(=O)N(C)Cc1cccc(Br)c1)C(=O)O. The molecule has 0 heterocycles. The summed E-state index contributed by atoms with van der Waals surface area (Å²) in [6.07, 6.45) is 1.07. The number of nitrogens with one attached hydrogen (secondary N) is 1. The number of amides is 2. The monoisotopic (exact) mass is 356 g/mol. The molecule has 0 aliphatic heterocycles. The molecule has 0 saturated heterocycles. The van der Waals surface area contributed by atoms with Crippen LogP contribution < -0.4 is 5.32 Å². The first-order valence-corrected chi connectivity index (χ1v) is 7.59. The molecule has 0 aromatic heterocycles. The van der Waals surface area contributed by atoms with Gasteiger partial charge in [0, 0.05) is 18.1 Å². The van der Waals surface area contributed by atoms with Crippen molar-refractivity contribution in [3.63, 3.8) is 0 Å². The van der Waals surface area contributed by atoms with E-state index in [0.29, 0.717) is 19.4 Å². The summed E-state index contributed by atoms with van der Waals surface area (Å²) in [5, 5.41) is 11.9. The molecule has 1 aromatic rings. The van der Waals surface area contributed by atoms with E-state index in [-0.39, 0.29) is 0 Å². The Morgan fingerprint density at radius 1 is 1.43 bits per heavy atom. The maximum absolute atomic E-state index is 12.2. The number of hydrogen-bond acceptors (Lipinski definition) is 2. The molecule has 116 valence electrons. The molecule has 0 saturated carbocycles. The topological polar surface area (TPSA) is 69.6 Å². The van der Waals surface area contributed by atoms with Gasteiger partial charge in [-0.3, -0.25) is 0 Å². The highest BCUT2D eigenvalue weighted by Crippen LogP contribution is 2.15. The Bertz CT molecular complexity index is 521. The average Bonchev–Trinajstić information content (AvgIpc) is 2.38. The molecule has 0 spiro atoms. The number of urea groups is 1. The maximum Gasteiger partial charge on any atom is 0.329 e. The van der Waals surface area contributed by atoms with Gasteiger partial charge in [-0.25, -0.2) is 9.59 Å². The van der Waals surface area contributed by atoms with Crippen molar-refractivity contribution in [1.29, 1.82) is 0 Å². The highest BCUT2D eigenvalue weighted by Gasteiger charge is 2.34. The number of carboxylic acids is 1. The zero-order valence-electron chi connectivity index (χ0n) is 12.5. The Hall–Kier alpha value is -1.56. The largest absolute Gasteiger partial charge is 0.480 e. The van der Waals surface area contributed by atoms with Gasteiger partial charge in [0.15, 0.2) is 0 Å². The van der Waals surface area contributed by atoms with E-state index in [1.165, 1.54) is 11.8 Å². The van der Waals surface area contributed by atoms with Crippen LogP contribution >= 0.6 is 15.9 Å². The van der Waals surface area contributed by atoms with Crippen molar-refractivity contribution in [2.24, 2.45) is 0 Å². The lowest BCUT2D eigenvalue weighted by Gasteiger charge is -2.29. The van der Waals surface area contributed by atoms with Gasteiger partial charge in [-0.05, 0) is 31.0 Å². The molecule has 2 N–H and O–H groups in total. The van der Waals surface area contributed by atoms with Crippen LogP contribution in [0.5, 0.6) is 0 Å². The zero-order chi connectivity index (χ0) is 16.0. The predicted octanol–water partition coefficient (Wildman–Crippen LogP) is 3.23. The van der Waals surface area contributed by atoms with E-state index in [4.69, 9.17) is 0 Å². The molecule has 0 radical (unpaired) electrons. The third-order valence-corrected chi connectivity index (χ3v) is 3.75. The van der Waals surface area contributed by atoms with E-state index in [1.54, 1.807) is 7.05 Å². The van der Waals surface area contributed by atoms with E-state index in [1.807, 2.05) is 31.2 Å². The van der Waals surface area contributed by atoms with Crippen LogP contribution in [0.4, 0.5) is 4.79 Å². The van der Waals surface area contributed by atoms with Crippen LogP contribution in [0.1, 0.15) is 32.3 Å². The number of aliphatic carboxylic acids is 1. The number of carboxylic acid groups (broad SMARTS) is 1. The highest BCUT2D eigenvalue weighted by molar-refractivity contribution is 9.10. The summed E-state index contributed by atoms with van der Waals surface area (Å²) in [7, 11) is 1.64. The molecule has 5 nitrogen and oxygen atoms in total. The van der Waals surface area contributed by atoms with Crippen LogP contribution in [-0.2, 0) is 11.3 Å². The minimum Gasteiger partial charge on any atom is -0.480 e. The third-order valence-electron chi connectivity index (χ3n) is 3.26. The van der Waals surface area contributed by atoms with E-state index in [2.05, 4.69) is 21.2 Å². The van der Waals surface area contributed by atoms with Crippen LogP contribution in [-0.4, -0.2) is 34.6 Å². The van der Waals surface area contributed by atoms with Crippen LogP contribution in [0.15, 0.2) is 28.7 Å². The molecule has 0 aliphatic carbocycles. The van der Waals surface area contributed by atoms with Crippen molar-refractivity contribution in [1.82, 2.24) is 10.2 Å². The van der Waals surface area contributed by atoms with Gasteiger partial charge in [-0.2, -0.15) is 0 Å². The van der Waals surface area contributed by atoms with Gasteiger partial charge in [0.1, 0.15) is 5.54 Å². The number of carbonyl (C=O) groups is 2. The fourth-order valence-corrected chi connectivity index (χ4v) is 2.48. The van der Waals surface area contributed by atoms with Gasteiger partial charge >= 0.3 is 12.0 Å². The maximum atomic E-state index is 12.2. The van der Waals surface area contributed by atoms with E-state index in [9.17, 15) is 14.7 Å². The lowest BCUT2D eigenvalue weighted by molar-refractivity contribution is -0.144. The summed E-state index contributed by atoms with van der Waals surface area (Å²) in [5.41, 5.74) is -0.272. The fraction of sp³-hybridized carbons (Fsp3) is 0.467. The van der Waals surface area contributed by atoms with Crippen LogP contribution in [0.25, 0.3) is 0 Å². The minimum absolute atomic E-state index is 0.388. The second-order valence-electron chi connectivity index (χ2n) is 5.30. The highest BCUT2D eigenvalue weighted by atomic mass is 79.9. The first kappa shape index (κ1) is 17.5. The molecule has 0 bridgehead atoms. The predicted molar refractivity (Wildman–Crippen MR) is 85.1 cm³/mol.